The minimum absolute atomic E-state index is 0.307. The Hall–Kier alpha value is -2.29. The van der Waals surface area contributed by atoms with E-state index in [1.807, 2.05) is 21.4 Å². The van der Waals surface area contributed by atoms with Gasteiger partial charge in [0.25, 0.3) is 0 Å². The molecule has 1 fully saturated rings. The van der Waals surface area contributed by atoms with Gasteiger partial charge in [0.15, 0.2) is 16.4 Å². The highest BCUT2D eigenvalue weighted by Crippen LogP contribution is 2.36. The lowest BCUT2D eigenvalue weighted by molar-refractivity contribution is 0.103. The number of likely N-dealkylation sites (tertiary alicyclic amines) is 1. The van der Waals surface area contributed by atoms with E-state index in [1.165, 1.54) is 22.5 Å². The van der Waals surface area contributed by atoms with E-state index in [4.69, 9.17) is 26.7 Å². The molecular formula is C21H23N5OS2. The lowest BCUT2D eigenvalue weighted by atomic mass is 10.0. The molecule has 4 heterocycles. The SMILES string of the molecule is CCn1c(-c2ccco2)nn(CN2CCCCC2c2nc3ccccc3s2)c1=S. The minimum Gasteiger partial charge on any atom is -0.461 e. The summed E-state index contributed by atoms with van der Waals surface area (Å²) >= 11 is 7.55. The maximum absolute atomic E-state index is 5.74. The monoisotopic (exact) mass is 425 g/mol. The normalized spacial score (nSPS) is 17.9. The predicted molar refractivity (Wildman–Crippen MR) is 117 cm³/mol. The second-order valence-corrected chi connectivity index (χ2v) is 8.74. The van der Waals surface area contributed by atoms with E-state index >= 15 is 0 Å². The van der Waals surface area contributed by atoms with E-state index in [-0.39, 0.29) is 0 Å². The highest BCUT2D eigenvalue weighted by molar-refractivity contribution is 7.71. The lowest BCUT2D eigenvalue weighted by Crippen LogP contribution is -2.35. The van der Waals surface area contributed by atoms with E-state index < -0.39 is 0 Å². The summed E-state index contributed by atoms with van der Waals surface area (Å²) in [7, 11) is 0. The van der Waals surface area contributed by atoms with Crippen molar-refractivity contribution in [3.05, 3.63) is 52.4 Å². The van der Waals surface area contributed by atoms with E-state index in [2.05, 4.69) is 36.1 Å². The molecule has 0 radical (unpaired) electrons. The van der Waals surface area contributed by atoms with Gasteiger partial charge in [-0.1, -0.05) is 18.6 Å². The summed E-state index contributed by atoms with van der Waals surface area (Å²) in [5.74, 6) is 1.54. The van der Waals surface area contributed by atoms with Gasteiger partial charge in [-0.25, -0.2) is 9.67 Å². The van der Waals surface area contributed by atoms with Gasteiger partial charge in [-0.2, -0.15) is 0 Å². The topological polar surface area (TPSA) is 52.0 Å². The van der Waals surface area contributed by atoms with Crippen LogP contribution in [0.3, 0.4) is 0 Å². The molecule has 6 nitrogen and oxygen atoms in total. The number of nitrogens with zero attached hydrogens (tertiary/aromatic N) is 5. The molecule has 0 aliphatic carbocycles. The minimum atomic E-state index is 0.307. The summed E-state index contributed by atoms with van der Waals surface area (Å²) in [6.45, 7) is 4.53. The van der Waals surface area contributed by atoms with Gasteiger partial charge in [-0.3, -0.25) is 9.47 Å². The summed E-state index contributed by atoms with van der Waals surface area (Å²) in [5.41, 5.74) is 1.09. The van der Waals surface area contributed by atoms with Gasteiger partial charge < -0.3 is 4.42 Å². The zero-order valence-electron chi connectivity index (χ0n) is 16.3. The second kappa shape index (κ2) is 7.85. The molecule has 29 heavy (non-hydrogen) atoms. The van der Waals surface area contributed by atoms with Gasteiger partial charge in [-0.15, -0.1) is 16.4 Å². The number of hydrogen-bond donors (Lipinski definition) is 0. The molecule has 1 aliphatic heterocycles. The van der Waals surface area contributed by atoms with Crippen LogP contribution in [-0.2, 0) is 13.2 Å². The van der Waals surface area contributed by atoms with Gasteiger partial charge in [-0.05, 0) is 56.2 Å². The molecule has 1 atom stereocenters. The first-order valence-electron chi connectivity index (χ1n) is 10.1. The summed E-state index contributed by atoms with van der Waals surface area (Å²) in [6, 6.07) is 12.5. The molecule has 0 saturated carbocycles. The van der Waals surface area contributed by atoms with Crippen LogP contribution in [0.1, 0.15) is 37.2 Å². The molecule has 1 saturated heterocycles. The standard InChI is InChI=1S/C21H23N5OS2/c1-2-25-19(17-10-7-13-27-17)23-26(21(25)28)14-24-12-6-5-9-16(24)20-22-15-8-3-4-11-18(15)29-20/h3-4,7-8,10-11,13,16H,2,5-6,9,12,14H2,1H3. The molecule has 150 valence electrons. The third kappa shape index (κ3) is 3.45. The largest absolute Gasteiger partial charge is 0.461 e. The maximum atomic E-state index is 5.74. The fraction of sp³-hybridized carbons (Fsp3) is 0.381. The molecule has 5 rings (SSSR count). The number of rotatable bonds is 5. The van der Waals surface area contributed by atoms with E-state index in [0.717, 1.165) is 41.4 Å². The zero-order chi connectivity index (χ0) is 19.8. The summed E-state index contributed by atoms with van der Waals surface area (Å²) in [6.07, 6.45) is 5.20. The summed E-state index contributed by atoms with van der Waals surface area (Å²) < 4.78 is 11.5. The number of fused-ring (bicyclic) bond motifs is 1. The third-order valence-corrected chi connectivity index (χ3v) is 7.07. The van der Waals surface area contributed by atoms with Crippen LogP contribution in [0.4, 0.5) is 0 Å². The van der Waals surface area contributed by atoms with Gasteiger partial charge >= 0.3 is 0 Å². The Kier molecular flexibility index (Phi) is 5.07. The van der Waals surface area contributed by atoms with Crippen LogP contribution in [0.25, 0.3) is 21.8 Å². The van der Waals surface area contributed by atoms with Crippen molar-refractivity contribution in [3.8, 4) is 11.6 Å². The van der Waals surface area contributed by atoms with Crippen molar-refractivity contribution < 1.29 is 4.42 Å². The van der Waals surface area contributed by atoms with E-state index in [1.54, 1.807) is 17.6 Å². The van der Waals surface area contributed by atoms with Crippen LogP contribution in [-0.4, -0.2) is 30.8 Å². The number of thiazole rings is 1. The molecule has 0 spiro atoms. The number of piperidine rings is 1. The van der Waals surface area contributed by atoms with Crippen molar-refractivity contribution in [1.82, 2.24) is 24.2 Å². The maximum Gasteiger partial charge on any atom is 0.199 e. The Morgan fingerprint density at radius 1 is 1.21 bits per heavy atom. The van der Waals surface area contributed by atoms with Crippen LogP contribution in [0.2, 0.25) is 0 Å². The molecular weight excluding hydrogens is 402 g/mol. The molecule has 1 aliphatic rings. The van der Waals surface area contributed by atoms with Gasteiger partial charge in [0.1, 0.15) is 5.01 Å². The molecule has 1 aromatic carbocycles. The van der Waals surface area contributed by atoms with Crippen molar-refractivity contribution in [3.63, 3.8) is 0 Å². The zero-order valence-corrected chi connectivity index (χ0v) is 18.0. The van der Waals surface area contributed by atoms with Crippen molar-refractivity contribution in [2.45, 2.75) is 45.4 Å². The Morgan fingerprint density at radius 3 is 2.90 bits per heavy atom. The molecule has 0 N–H and O–H groups in total. The van der Waals surface area contributed by atoms with Crippen LogP contribution in [0.15, 0.2) is 47.1 Å². The van der Waals surface area contributed by atoms with Crippen molar-refractivity contribution in [2.75, 3.05) is 6.54 Å². The number of aromatic nitrogens is 4. The van der Waals surface area contributed by atoms with Crippen LogP contribution >= 0.6 is 23.6 Å². The lowest BCUT2D eigenvalue weighted by Gasteiger charge is -2.34. The number of para-hydroxylation sites is 1. The van der Waals surface area contributed by atoms with Crippen molar-refractivity contribution in [2.24, 2.45) is 0 Å². The number of benzene rings is 1. The van der Waals surface area contributed by atoms with Crippen LogP contribution in [0.5, 0.6) is 0 Å². The second-order valence-electron chi connectivity index (χ2n) is 7.31. The Bertz CT molecular complexity index is 1140. The van der Waals surface area contributed by atoms with Crippen LogP contribution in [0, 0.1) is 4.77 Å². The number of furan rings is 1. The number of hydrogen-bond acceptors (Lipinski definition) is 6. The molecule has 3 aromatic heterocycles. The first kappa shape index (κ1) is 18.7. The highest BCUT2D eigenvalue weighted by Gasteiger charge is 2.28. The van der Waals surface area contributed by atoms with Crippen molar-refractivity contribution >= 4 is 33.8 Å². The van der Waals surface area contributed by atoms with Gasteiger partial charge in [0.05, 0.1) is 29.2 Å². The van der Waals surface area contributed by atoms with E-state index in [0.29, 0.717) is 12.7 Å². The summed E-state index contributed by atoms with van der Waals surface area (Å²) in [4.78, 5) is 7.40. The molecule has 0 bridgehead atoms. The van der Waals surface area contributed by atoms with Gasteiger partial charge in [0.2, 0.25) is 0 Å². The first-order chi connectivity index (χ1) is 14.2. The smallest absolute Gasteiger partial charge is 0.199 e. The third-order valence-electron chi connectivity index (χ3n) is 5.51. The average Bonchev–Trinajstić information content (AvgIpc) is 3.47. The van der Waals surface area contributed by atoms with Crippen LogP contribution < -0.4 is 0 Å². The quantitative estimate of drug-likeness (QED) is 0.396. The van der Waals surface area contributed by atoms with E-state index in [9.17, 15) is 0 Å². The molecule has 4 aromatic rings. The Morgan fingerprint density at radius 2 is 2.10 bits per heavy atom. The Labute approximate surface area is 178 Å². The highest BCUT2D eigenvalue weighted by atomic mass is 32.1. The fourth-order valence-corrected chi connectivity index (χ4v) is 5.50. The van der Waals surface area contributed by atoms with Gasteiger partial charge in [0, 0.05) is 13.1 Å². The predicted octanol–water partition coefficient (Wildman–Crippen LogP) is 5.49. The fourth-order valence-electron chi connectivity index (χ4n) is 4.05. The first-order valence-corrected chi connectivity index (χ1v) is 11.3. The molecule has 0 amide bonds. The molecule has 1 unspecified atom stereocenters. The van der Waals surface area contributed by atoms with Crippen molar-refractivity contribution in [1.29, 1.82) is 0 Å². The summed E-state index contributed by atoms with van der Waals surface area (Å²) in [5, 5.41) is 6.00. The Balaban J connectivity index is 1.47. The molecule has 8 heteroatoms. The average molecular weight is 426 g/mol.